The zero-order valence-corrected chi connectivity index (χ0v) is 16.0. The van der Waals surface area contributed by atoms with Crippen molar-refractivity contribution < 1.29 is 8.42 Å². The van der Waals surface area contributed by atoms with Crippen LogP contribution in [0.3, 0.4) is 0 Å². The summed E-state index contributed by atoms with van der Waals surface area (Å²) in [6.45, 7) is 13.5. The van der Waals surface area contributed by atoms with E-state index in [0.717, 1.165) is 0 Å². The normalized spacial score (nSPS) is 13.0. The minimum Gasteiger partial charge on any atom is -0.399 e. The van der Waals surface area contributed by atoms with Crippen molar-refractivity contribution in [1.82, 2.24) is 9.21 Å². The van der Waals surface area contributed by atoms with Crippen LogP contribution in [0.15, 0.2) is 29.2 Å². The van der Waals surface area contributed by atoms with E-state index in [0.29, 0.717) is 35.8 Å². The Hall–Kier alpha value is -1.11. The molecular weight excluding hydrogens is 310 g/mol. The topological polar surface area (TPSA) is 66.6 Å². The lowest BCUT2D eigenvalue weighted by atomic mass is 10.2. The molecule has 0 amide bonds. The first-order valence-corrected chi connectivity index (χ1v) is 9.64. The van der Waals surface area contributed by atoms with Gasteiger partial charge in [-0.05, 0) is 65.8 Å². The Kier molecular flexibility index (Phi) is 7.04. The lowest BCUT2D eigenvalue weighted by molar-refractivity contribution is 0.159. The van der Waals surface area contributed by atoms with E-state index in [1.54, 1.807) is 28.6 Å². The molecule has 0 heterocycles. The van der Waals surface area contributed by atoms with E-state index >= 15 is 0 Å². The van der Waals surface area contributed by atoms with Crippen molar-refractivity contribution in [1.29, 1.82) is 0 Å². The van der Waals surface area contributed by atoms with Gasteiger partial charge in [-0.1, -0.05) is 0 Å². The summed E-state index contributed by atoms with van der Waals surface area (Å²) in [7, 11) is -3.51. The number of hydrogen-bond donors (Lipinski definition) is 1. The summed E-state index contributed by atoms with van der Waals surface area (Å²) in [4.78, 5) is 2.59. The van der Waals surface area contributed by atoms with Gasteiger partial charge in [0.05, 0.1) is 4.90 Å². The third-order valence-corrected chi connectivity index (χ3v) is 6.06. The largest absolute Gasteiger partial charge is 0.399 e. The number of benzene rings is 1. The summed E-state index contributed by atoms with van der Waals surface area (Å²) in [6, 6.07) is 7.05. The fourth-order valence-electron chi connectivity index (χ4n) is 2.76. The summed E-state index contributed by atoms with van der Waals surface area (Å²) in [5.74, 6) is 0. The van der Waals surface area contributed by atoms with Gasteiger partial charge in [-0.2, -0.15) is 4.31 Å². The third kappa shape index (κ3) is 5.19. The maximum Gasteiger partial charge on any atom is 0.243 e. The van der Waals surface area contributed by atoms with Crippen LogP contribution in [0.5, 0.6) is 0 Å². The van der Waals surface area contributed by atoms with Gasteiger partial charge in [0.25, 0.3) is 0 Å². The van der Waals surface area contributed by atoms with Crippen LogP contribution in [0.25, 0.3) is 0 Å². The highest BCUT2D eigenvalue weighted by atomic mass is 32.2. The zero-order chi connectivity index (χ0) is 17.8. The molecule has 132 valence electrons. The number of nitrogens with zero attached hydrogens (tertiary/aromatic N) is 2. The van der Waals surface area contributed by atoms with Crippen LogP contribution in [0.4, 0.5) is 5.69 Å². The standard InChI is InChI=1S/C17H31N3O2S/c1-13(2)19(14(3)4)11-12-20(15(5)6)23(21,22)17-9-7-16(18)8-10-17/h7-10,13-15H,11-12,18H2,1-6H3. The van der Waals surface area contributed by atoms with Crippen molar-refractivity contribution in [3.8, 4) is 0 Å². The van der Waals surface area contributed by atoms with Crippen molar-refractivity contribution in [2.75, 3.05) is 18.8 Å². The van der Waals surface area contributed by atoms with Crippen LogP contribution in [0.2, 0.25) is 0 Å². The van der Waals surface area contributed by atoms with Gasteiger partial charge in [-0.15, -0.1) is 0 Å². The number of rotatable bonds is 8. The van der Waals surface area contributed by atoms with Crippen LogP contribution in [-0.2, 0) is 10.0 Å². The lowest BCUT2D eigenvalue weighted by Gasteiger charge is -2.34. The van der Waals surface area contributed by atoms with Crippen molar-refractivity contribution in [3.05, 3.63) is 24.3 Å². The quantitative estimate of drug-likeness (QED) is 0.738. The maximum atomic E-state index is 12.9. The van der Waals surface area contributed by atoms with Gasteiger partial charge in [-0.3, -0.25) is 4.90 Å². The van der Waals surface area contributed by atoms with Gasteiger partial charge in [0.1, 0.15) is 0 Å². The molecule has 5 nitrogen and oxygen atoms in total. The highest BCUT2D eigenvalue weighted by Gasteiger charge is 2.28. The highest BCUT2D eigenvalue weighted by Crippen LogP contribution is 2.20. The van der Waals surface area contributed by atoms with Gasteiger partial charge >= 0.3 is 0 Å². The van der Waals surface area contributed by atoms with E-state index in [1.807, 2.05) is 13.8 Å². The van der Waals surface area contributed by atoms with Gasteiger partial charge < -0.3 is 5.73 Å². The lowest BCUT2D eigenvalue weighted by Crippen LogP contribution is -2.46. The molecule has 6 heteroatoms. The molecule has 0 aliphatic rings. The number of anilines is 1. The number of nitrogen functional groups attached to an aromatic ring is 1. The second-order valence-electron chi connectivity index (χ2n) is 6.70. The third-order valence-electron chi connectivity index (χ3n) is 3.97. The second-order valence-corrected chi connectivity index (χ2v) is 8.59. The minimum atomic E-state index is -3.51. The Bertz CT molecular complexity index is 572. The highest BCUT2D eigenvalue weighted by molar-refractivity contribution is 7.89. The van der Waals surface area contributed by atoms with E-state index in [9.17, 15) is 8.42 Å². The molecule has 0 saturated heterocycles. The predicted molar refractivity (Wildman–Crippen MR) is 96.9 cm³/mol. The molecule has 0 saturated carbocycles. The monoisotopic (exact) mass is 341 g/mol. The minimum absolute atomic E-state index is 0.0984. The first-order chi connectivity index (χ1) is 10.6. The van der Waals surface area contributed by atoms with Crippen LogP contribution < -0.4 is 5.73 Å². The molecule has 0 spiro atoms. The molecule has 1 aromatic rings. The molecule has 0 fully saturated rings. The van der Waals surface area contributed by atoms with Gasteiger partial charge in [0.2, 0.25) is 10.0 Å². The molecule has 0 atom stereocenters. The van der Waals surface area contributed by atoms with Gasteiger partial charge in [0, 0.05) is 36.9 Å². The summed E-state index contributed by atoms with van der Waals surface area (Å²) >= 11 is 0. The van der Waals surface area contributed by atoms with E-state index in [4.69, 9.17) is 5.73 Å². The first-order valence-electron chi connectivity index (χ1n) is 8.20. The van der Waals surface area contributed by atoms with Crippen molar-refractivity contribution >= 4 is 15.7 Å². The van der Waals surface area contributed by atoms with E-state index in [2.05, 4.69) is 32.6 Å². The maximum absolute atomic E-state index is 12.9. The Morgan fingerprint density at radius 2 is 1.35 bits per heavy atom. The molecule has 0 aliphatic carbocycles. The SMILES string of the molecule is CC(C)N(CCN(C(C)C)S(=O)(=O)c1ccc(N)cc1)C(C)C. The Morgan fingerprint density at radius 3 is 1.74 bits per heavy atom. The summed E-state index contributed by atoms with van der Waals surface area (Å²) in [5.41, 5.74) is 6.22. The molecule has 2 N–H and O–H groups in total. The fourth-order valence-corrected chi connectivity index (χ4v) is 4.39. The number of hydrogen-bond acceptors (Lipinski definition) is 4. The summed E-state index contributed by atoms with van der Waals surface area (Å²) < 4.78 is 27.4. The van der Waals surface area contributed by atoms with E-state index in [-0.39, 0.29) is 6.04 Å². The molecule has 0 unspecified atom stereocenters. The molecule has 0 bridgehead atoms. The van der Waals surface area contributed by atoms with Gasteiger partial charge in [-0.25, -0.2) is 8.42 Å². The fraction of sp³-hybridized carbons (Fsp3) is 0.647. The molecule has 23 heavy (non-hydrogen) atoms. The van der Waals surface area contributed by atoms with Crippen molar-refractivity contribution in [3.63, 3.8) is 0 Å². The van der Waals surface area contributed by atoms with E-state index in [1.165, 1.54) is 0 Å². The average molecular weight is 342 g/mol. The van der Waals surface area contributed by atoms with Gasteiger partial charge in [0.15, 0.2) is 0 Å². The number of nitrogens with two attached hydrogens (primary N) is 1. The van der Waals surface area contributed by atoms with Crippen LogP contribution in [0, 0.1) is 0 Å². The average Bonchev–Trinajstić information content (AvgIpc) is 2.42. The Morgan fingerprint density at radius 1 is 0.870 bits per heavy atom. The molecule has 0 aliphatic heterocycles. The summed E-state index contributed by atoms with van der Waals surface area (Å²) in [5, 5.41) is 0. The van der Waals surface area contributed by atoms with Crippen LogP contribution >= 0.6 is 0 Å². The number of sulfonamides is 1. The first kappa shape index (κ1) is 19.9. The zero-order valence-electron chi connectivity index (χ0n) is 15.2. The van der Waals surface area contributed by atoms with Crippen LogP contribution in [0.1, 0.15) is 41.5 Å². The van der Waals surface area contributed by atoms with Crippen molar-refractivity contribution in [2.45, 2.75) is 64.6 Å². The van der Waals surface area contributed by atoms with Crippen LogP contribution in [-0.4, -0.2) is 48.8 Å². The predicted octanol–water partition coefficient (Wildman–Crippen LogP) is 2.79. The molecular formula is C17H31N3O2S. The summed E-state index contributed by atoms with van der Waals surface area (Å²) in [6.07, 6.45) is 0. The molecule has 0 radical (unpaired) electrons. The second kappa shape index (κ2) is 8.13. The Balaban J connectivity index is 2.99. The molecule has 1 aromatic carbocycles. The smallest absolute Gasteiger partial charge is 0.243 e. The van der Waals surface area contributed by atoms with Crippen molar-refractivity contribution in [2.24, 2.45) is 0 Å². The van der Waals surface area contributed by atoms with E-state index < -0.39 is 10.0 Å². The molecule has 0 aromatic heterocycles. The molecule has 1 rings (SSSR count). The Labute approximate surface area is 141 Å².